The van der Waals surface area contributed by atoms with E-state index < -0.39 is 12.7 Å². The molecule has 5 rings (SSSR count). The Morgan fingerprint density at radius 3 is 2.84 bits per heavy atom. The molecule has 1 aliphatic rings. The number of aliphatic hydroxyl groups excluding tert-OH is 1. The lowest BCUT2D eigenvalue weighted by molar-refractivity contribution is -0.0528. The lowest BCUT2D eigenvalue weighted by Gasteiger charge is -2.25. The van der Waals surface area contributed by atoms with Crippen molar-refractivity contribution >= 4 is 22.0 Å². The fourth-order valence-electron chi connectivity index (χ4n) is 3.75. The van der Waals surface area contributed by atoms with Crippen molar-refractivity contribution in [2.75, 3.05) is 13.2 Å². The predicted octanol–water partition coefficient (Wildman–Crippen LogP) is 4.39. The number of halogens is 2. The highest BCUT2D eigenvalue weighted by Gasteiger charge is 2.26. The number of aryl methyl sites for hydroxylation is 2. The van der Waals surface area contributed by atoms with E-state index in [1.54, 1.807) is 6.07 Å². The maximum Gasteiger partial charge on any atom is 0.388 e. The van der Waals surface area contributed by atoms with Gasteiger partial charge in [-0.05, 0) is 49.2 Å². The van der Waals surface area contributed by atoms with Gasteiger partial charge in [-0.25, -0.2) is 9.97 Å². The van der Waals surface area contributed by atoms with Crippen LogP contribution in [0.3, 0.4) is 0 Å². The maximum atomic E-state index is 12.5. The first-order chi connectivity index (χ1) is 14.9. The number of furan rings is 1. The zero-order valence-electron chi connectivity index (χ0n) is 16.7. The molecule has 0 fully saturated rings. The van der Waals surface area contributed by atoms with Crippen LogP contribution in [0.2, 0.25) is 0 Å². The summed E-state index contributed by atoms with van der Waals surface area (Å²) in [6, 6.07) is 7.29. The monoisotopic (exact) mass is 428 g/mol. The van der Waals surface area contributed by atoms with Gasteiger partial charge in [0.1, 0.15) is 18.0 Å². The number of ether oxygens (including phenoxy) is 3. The van der Waals surface area contributed by atoms with Crippen LogP contribution in [-0.4, -0.2) is 41.0 Å². The minimum atomic E-state index is -2.98. The molecule has 7 nitrogen and oxygen atoms in total. The first-order valence-corrected chi connectivity index (χ1v) is 9.63. The van der Waals surface area contributed by atoms with E-state index in [4.69, 9.17) is 13.9 Å². The normalized spacial score (nSPS) is 15.7. The van der Waals surface area contributed by atoms with Gasteiger partial charge < -0.3 is 23.7 Å². The summed E-state index contributed by atoms with van der Waals surface area (Å²) < 4.78 is 47.3. The van der Waals surface area contributed by atoms with Crippen LogP contribution < -0.4 is 14.2 Å². The molecule has 0 spiro atoms. The van der Waals surface area contributed by atoms with Crippen molar-refractivity contribution in [2.45, 2.75) is 26.6 Å². The second-order valence-corrected chi connectivity index (χ2v) is 7.37. The summed E-state index contributed by atoms with van der Waals surface area (Å²) in [7, 11) is 0. The zero-order valence-corrected chi connectivity index (χ0v) is 16.7. The fraction of sp³-hybridized carbons (Fsp3) is 0.273. The third-order valence-electron chi connectivity index (χ3n) is 5.06. The summed E-state index contributed by atoms with van der Waals surface area (Å²) >= 11 is 0. The molecule has 0 bridgehead atoms. The molecule has 0 saturated carbocycles. The number of hydrogen-bond acceptors (Lipinski definition) is 7. The molecule has 4 aromatic rings. The number of aromatic nitrogens is 2. The second-order valence-electron chi connectivity index (χ2n) is 7.37. The molecule has 1 aliphatic heterocycles. The van der Waals surface area contributed by atoms with Gasteiger partial charge in [-0.3, -0.25) is 0 Å². The van der Waals surface area contributed by atoms with Crippen LogP contribution in [0.1, 0.15) is 11.1 Å². The topological polar surface area (TPSA) is 86.8 Å². The van der Waals surface area contributed by atoms with Gasteiger partial charge in [0.25, 0.3) is 0 Å². The smallest absolute Gasteiger partial charge is 0.388 e. The quantitative estimate of drug-likeness (QED) is 0.516. The van der Waals surface area contributed by atoms with Crippen molar-refractivity contribution in [3.8, 4) is 28.7 Å². The summed E-state index contributed by atoms with van der Waals surface area (Å²) in [5.41, 5.74) is 3.92. The van der Waals surface area contributed by atoms with E-state index in [9.17, 15) is 13.9 Å². The molecular weight excluding hydrogens is 410 g/mol. The minimum Gasteiger partial charge on any atom is -0.485 e. The van der Waals surface area contributed by atoms with Gasteiger partial charge >= 0.3 is 6.61 Å². The van der Waals surface area contributed by atoms with E-state index in [2.05, 4.69) is 14.7 Å². The number of nitrogens with zero attached hydrogens (tertiary/aromatic N) is 2. The molecule has 1 N–H and O–H groups in total. The molecule has 2 aromatic heterocycles. The highest BCUT2D eigenvalue weighted by Crippen LogP contribution is 2.44. The highest BCUT2D eigenvalue weighted by atomic mass is 19.3. The Labute approximate surface area is 175 Å². The van der Waals surface area contributed by atoms with Crippen LogP contribution in [0.5, 0.6) is 17.4 Å². The van der Waals surface area contributed by atoms with E-state index >= 15 is 0 Å². The van der Waals surface area contributed by atoms with Crippen LogP contribution in [0.4, 0.5) is 8.78 Å². The minimum absolute atomic E-state index is 0.141. The van der Waals surface area contributed by atoms with Crippen LogP contribution in [0.15, 0.2) is 34.9 Å². The van der Waals surface area contributed by atoms with Crippen molar-refractivity contribution in [1.82, 2.24) is 9.97 Å². The largest absolute Gasteiger partial charge is 0.485 e. The van der Waals surface area contributed by atoms with Gasteiger partial charge in [0, 0.05) is 5.56 Å². The van der Waals surface area contributed by atoms with Gasteiger partial charge in [0.2, 0.25) is 5.88 Å². The van der Waals surface area contributed by atoms with Gasteiger partial charge in [-0.15, -0.1) is 0 Å². The van der Waals surface area contributed by atoms with Crippen molar-refractivity contribution in [3.63, 3.8) is 0 Å². The number of aliphatic hydroxyl groups is 1. The van der Waals surface area contributed by atoms with E-state index in [-0.39, 0.29) is 19.1 Å². The van der Waals surface area contributed by atoms with Crippen LogP contribution in [0.25, 0.3) is 33.3 Å². The third-order valence-corrected chi connectivity index (χ3v) is 5.06. The van der Waals surface area contributed by atoms with Gasteiger partial charge in [-0.1, -0.05) is 0 Å². The average molecular weight is 428 g/mol. The van der Waals surface area contributed by atoms with Crippen LogP contribution >= 0.6 is 0 Å². The lowest BCUT2D eigenvalue weighted by atomic mass is 10.1. The first kappa shape index (κ1) is 19.5. The van der Waals surface area contributed by atoms with Crippen molar-refractivity contribution in [2.24, 2.45) is 0 Å². The lowest BCUT2D eigenvalue weighted by Crippen LogP contribution is -2.32. The molecular formula is C22H18F2N2O5. The molecule has 0 amide bonds. The molecule has 0 radical (unpaired) electrons. The van der Waals surface area contributed by atoms with E-state index in [1.807, 2.05) is 32.0 Å². The Kier molecular flexibility index (Phi) is 4.62. The molecule has 1 atom stereocenters. The average Bonchev–Trinajstić information content (AvgIpc) is 3.18. The van der Waals surface area contributed by atoms with Crippen molar-refractivity contribution in [3.05, 3.63) is 41.6 Å². The number of fused-ring (bicyclic) bond motifs is 4. The van der Waals surface area contributed by atoms with E-state index in [0.717, 1.165) is 22.7 Å². The molecule has 0 saturated heterocycles. The molecule has 160 valence electrons. The van der Waals surface area contributed by atoms with E-state index in [0.29, 0.717) is 39.4 Å². The standard InChI is InChI=1S/C22H18F2N2O5/c1-10-3-13(19-15(4-10)26-18(7-25-19)31-22(23)24)16-6-14-20(30-16)11(2)5-17-21(14)28-9-12(8-27)29-17/h3-7,12,22,27H,8-9H2,1-2H3/t12-/m0/s1. The van der Waals surface area contributed by atoms with Gasteiger partial charge in [0.15, 0.2) is 17.6 Å². The fourth-order valence-corrected chi connectivity index (χ4v) is 3.75. The van der Waals surface area contributed by atoms with Crippen molar-refractivity contribution < 1.29 is 32.5 Å². The Morgan fingerprint density at radius 1 is 1.23 bits per heavy atom. The second kappa shape index (κ2) is 7.35. The predicted molar refractivity (Wildman–Crippen MR) is 108 cm³/mol. The zero-order chi connectivity index (χ0) is 21.7. The molecule has 31 heavy (non-hydrogen) atoms. The summed E-state index contributed by atoms with van der Waals surface area (Å²) in [6.07, 6.45) is 0.742. The SMILES string of the molecule is Cc1cc(-c2cc3c4c(cc(C)c3o2)O[C@@H](CO)CO4)c2ncc(OC(F)F)nc2c1. The molecule has 2 aromatic carbocycles. The Morgan fingerprint density at radius 2 is 2.06 bits per heavy atom. The molecule has 9 heteroatoms. The Balaban J connectivity index is 1.66. The summed E-state index contributed by atoms with van der Waals surface area (Å²) in [6.45, 7) is 0.872. The first-order valence-electron chi connectivity index (χ1n) is 9.63. The van der Waals surface area contributed by atoms with Crippen LogP contribution in [-0.2, 0) is 0 Å². The summed E-state index contributed by atoms with van der Waals surface area (Å²) in [4.78, 5) is 8.44. The number of alkyl halides is 2. The summed E-state index contributed by atoms with van der Waals surface area (Å²) in [5.74, 6) is 1.38. The molecule has 0 aliphatic carbocycles. The third kappa shape index (κ3) is 3.40. The number of hydrogen-bond donors (Lipinski definition) is 1. The van der Waals surface area contributed by atoms with Crippen LogP contribution in [0, 0.1) is 13.8 Å². The van der Waals surface area contributed by atoms with Crippen molar-refractivity contribution in [1.29, 1.82) is 0 Å². The summed E-state index contributed by atoms with van der Waals surface area (Å²) in [5, 5.41) is 10.1. The molecule has 3 heterocycles. The molecule has 0 unspecified atom stereocenters. The van der Waals surface area contributed by atoms with E-state index in [1.165, 1.54) is 0 Å². The maximum absolute atomic E-state index is 12.5. The Hall–Kier alpha value is -3.46. The number of rotatable bonds is 4. The van der Waals surface area contributed by atoms with Gasteiger partial charge in [0.05, 0.1) is 29.2 Å². The highest BCUT2D eigenvalue weighted by molar-refractivity contribution is 5.97. The Bertz CT molecular complexity index is 1300. The number of benzene rings is 2. The van der Waals surface area contributed by atoms with Gasteiger partial charge in [-0.2, -0.15) is 8.78 Å².